The predicted molar refractivity (Wildman–Crippen MR) is 88.9 cm³/mol. The average molecular weight is 356 g/mol. The Morgan fingerprint density at radius 3 is 2.59 bits per heavy atom. The Morgan fingerprint density at radius 1 is 1.14 bits per heavy atom. The van der Waals surface area contributed by atoms with E-state index in [2.05, 4.69) is 25.9 Å². The first kappa shape index (κ1) is 13.5. The molecule has 4 rings (SSSR count). The number of rotatable bonds is 2. The van der Waals surface area contributed by atoms with Gasteiger partial charge < -0.3 is 9.88 Å². The molecule has 0 aliphatic carbocycles. The fourth-order valence-electron chi connectivity index (χ4n) is 2.76. The van der Waals surface area contributed by atoms with Gasteiger partial charge in [0.1, 0.15) is 5.82 Å². The molecule has 1 aliphatic rings. The summed E-state index contributed by atoms with van der Waals surface area (Å²) in [7, 11) is 0. The second-order valence-corrected chi connectivity index (χ2v) is 6.47. The van der Waals surface area contributed by atoms with Gasteiger partial charge >= 0.3 is 0 Å². The Balaban J connectivity index is 1.47. The Hall–Kier alpha value is -2.14. The first-order chi connectivity index (χ1) is 10.7. The number of likely N-dealkylation sites (tertiary alicyclic amines) is 1. The molecule has 4 nitrogen and oxygen atoms in total. The van der Waals surface area contributed by atoms with E-state index in [0.29, 0.717) is 19.0 Å². The van der Waals surface area contributed by atoms with E-state index in [1.807, 2.05) is 53.4 Å². The van der Waals surface area contributed by atoms with Gasteiger partial charge in [-0.1, -0.05) is 28.1 Å². The van der Waals surface area contributed by atoms with Crippen LogP contribution < -0.4 is 0 Å². The van der Waals surface area contributed by atoms with E-state index in [1.165, 1.54) is 0 Å². The number of H-pyrrole nitrogens is 1. The first-order valence-corrected chi connectivity index (χ1v) is 7.99. The molecule has 3 aromatic rings. The van der Waals surface area contributed by atoms with Crippen LogP contribution in [0.1, 0.15) is 22.1 Å². The van der Waals surface area contributed by atoms with E-state index in [1.54, 1.807) is 0 Å². The van der Waals surface area contributed by atoms with E-state index in [-0.39, 0.29) is 5.91 Å². The largest absolute Gasteiger partial charge is 0.342 e. The lowest BCUT2D eigenvalue weighted by Gasteiger charge is -2.38. The third-order valence-electron chi connectivity index (χ3n) is 4.05. The van der Waals surface area contributed by atoms with Crippen LogP contribution in [0.3, 0.4) is 0 Å². The minimum absolute atomic E-state index is 0.0832. The van der Waals surface area contributed by atoms with E-state index >= 15 is 0 Å². The molecule has 1 aromatic heterocycles. The van der Waals surface area contributed by atoms with Gasteiger partial charge in [-0.2, -0.15) is 0 Å². The fourth-order valence-corrected chi connectivity index (χ4v) is 3.02. The molecule has 0 radical (unpaired) electrons. The summed E-state index contributed by atoms with van der Waals surface area (Å²) in [6.45, 7) is 1.43. The summed E-state index contributed by atoms with van der Waals surface area (Å²) in [4.78, 5) is 22.2. The molecule has 1 fully saturated rings. The molecule has 0 atom stereocenters. The van der Waals surface area contributed by atoms with Gasteiger partial charge in [0.2, 0.25) is 0 Å². The number of nitrogens with zero attached hydrogens (tertiary/aromatic N) is 2. The van der Waals surface area contributed by atoms with Crippen molar-refractivity contribution in [2.75, 3.05) is 13.1 Å². The van der Waals surface area contributed by atoms with Crippen molar-refractivity contribution in [1.82, 2.24) is 14.9 Å². The van der Waals surface area contributed by atoms with Crippen molar-refractivity contribution >= 4 is 32.9 Å². The Bertz CT molecular complexity index is 801. The molecule has 1 saturated heterocycles. The van der Waals surface area contributed by atoms with Crippen LogP contribution in [-0.2, 0) is 0 Å². The van der Waals surface area contributed by atoms with E-state index in [4.69, 9.17) is 0 Å². The number of aromatic nitrogens is 2. The maximum Gasteiger partial charge on any atom is 0.253 e. The molecule has 1 amide bonds. The highest BCUT2D eigenvalue weighted by atomic mass is 79.9. The minimum Gasteiger partial charge on any atom is -0.342 e. The lowest BCUT2D eigenvalue weighted by Crippen LogP contribution is -2.48. The number of para-hydroxylation sites is 2. The van der Waals surface area contributed by atoms with Gasteiger partial charge in [-0.05, 0) is 36.4 Å². The Labute approximate surface area is 136 Å². The van der Waals surface area contributed by atoms with Gasteiger partial charge in [-0.15, -0.1) is 0 Å². The zero-order valence-electron chi connectivity index (χ0n) is 11.8. The number of hydrogen-bond acceptors (Lipinski definition) is 2. The SMILES string of the molecule is O=C(c1ccc(Br)cc1)N1CC(c2nc3ccccc3[nH]2)C1. The highest BCUT2D eigenvalue weighted by Crippen LogP contribution is 2.28. The normalized spacial score (nSPS) is 15.0. The van der Waals surface area contributed by atoms with Crippen LogP contribution in [0.25, 0.3) is 11.0 Å². The van der Waals surface area contributed by atoms with Crippen molar-refractivity contribution in [3.8, 4) is 0 Å². The van der Waals surface area contributed by atoms with Crippen molar-refractivity contribution in [2.45, 2.75) is 5.92 Å². The standard InChI is InChI=1S/C17H14BrN3O/c18-13-7-5-11(6-8-13)17(22)21-9-12(10-21)16-19-14-3-1-2-4-15(14)20-16/h1-8,12H,9-10H2,(H,19,20). The zero-order chi connectivity index (χ0) is 15.1. The highest BCUT2D eigenvalue weighted by molar-refractivity contribution is 9.10. The topological polar surface area (TPSA) is 49.0 Å². The van der Waals surface area contributed by atoms with Crippen LogP contribution in [0, 0.1) is 0 Å². The summed E-state index contributed by atoms with van der Waals surface area (Å²) < 4.78 is 0.979. The quantitative estimate of drug-likeness (QED) is 0.763. The third-order valence-corrected chi connectivity index (χ3v) is 4.58. The average Bonchev–Trinajstić information content (AvgIpc) is 2.89. The first-order valence-electron chi connectivity index (χ1n) is 7.20. The molecule has 0 spiro atoms. The number of imidazole rings is 1. The predicted octanol–water partition coefficient (Wildman–Crippen LogP) is 3.57. The Morgan fingerprint density at radius 2 is 1.86 bits per heavy atom. The van der Waals surface area contributed by atoms with Crippen LogP contribution in [0.5, 0.6) is 0 Å². The minimum atomic E-state index is 0.0832. The number of aromatic amines is 1. The van der Waals surface area contributed by atoms with Crippen molar-refractivity contribution in [3.63, 3.8) is 0 Å². The van der Waals surface area contributed by atoms with Gasteiger partial charge in [0, 0.05) is 23.1 Å². The Kier molecular flexibility index (Phi) is 3.22. The number of carbonyl (C=O) groups excluding carboxylic acids is 1. The maximum absolute atomic E-state index is 12.4. The van der Waals surface area contributed by atoms with Gasteiger partial charge in [0.15, 0.2) is 0 Å². The number of benzene rings is 2. The molecular weight excluding hydrogens is 342 g/mol. The van der Waals surface area contributed by atoms with E-state index < -0.39 is 0 Å². The molecule has 2 heterocycles. The summed E-state index contributed by atoms with van der Waals surface area (Å²) in [5.41, 5.74) is 2.76. The second-order valence-electron chi connectivity index (χ2n) is 5.55. The number of nitrogens with one attached hydrogen (secondary N) is 1. The smallest absolute Gasteiger partial charge is 0.253 e. The van der Waals surface area contributed by atoms with Crippen molar-refractivity contribution in [2.24, 2.45) is 0 Å². The van der Waals surface area contributed by atoms with Crippen molar-refractivity contribution < 1.29 is 4.79 Å². The molecule has 0 saturated carbocycles. The summed E-state index contributed by atoms with van der Waals surface area (Å²) in [5, 5.41) is 0. The van der Waals surface area contributed by atoms with Crippen molar-refractivity contribution in [1.29, 1.82) is 0 Å². The number of amides is 1. The van der Waals surface area contributed by atoms with Crippen LogP contribution >= 0.6 is 15.9 Å². The summed E-state index contributed by atoms with van der Waals surface area (Å²) in [5.74, 6) is 1.35. The number of carbonyl (C=O) groups is 1. The molecule has 22 heavy (non-hydrogen) atoms. The van der Waals surface area contributed by atoms with Gasteiger partial charge in [0.05, 0.1) is 17.0 Å². The van der Waals surface area contributed by atoms with Crippen LogP contribution in [0.15, 0.2) is 53.0 Å². The van der Waals surface area contributed by atoms with E-state index in [9.17, 15) is 4.79 Å². The van der Waals surface area contributed by atoms with Crippen LogP contribution in [0.4, 0.5) is 0 Å². The molecule has 1 N–H and O–H groups in total. The molecule has 0 unspecified atom stereocenters. The molecule has 2 aromatic carbocycles. The summed E-state index contributed by atoms with van der Waals surface area (Å²) in [6, 6.07) is 15.5. The summed E-state index contributed by atoms with van der Waals surface area (Å²) >= 11 is 3.38. The van der Waals surface area contributed by atoms with Gasteiger partial charge in [-0.25, -0.2) is 4.98 Å². The number of hydrogen-bond donors (Lipinski definition) is 1. The lowest BCUT2D eigenvalue weighted by atomic mass is 9.98. The summed E-state index contributed by atoms with van der Waals surface area (Å²) in [6.07, 6.45) is 0. The lowest BCUT2D eigenvalue weighted by molar-refractivity contribution is 0.0596. The third kappa shape index (κ3) is 2.31. The number of halogens is 1. The highest BCUT2D eigenvalue weighted by Gasteiger charge is 2.34. The maximum atomic E-state index is 12.4. The zero-order valence-corrected chi connectivity index (χ0v) is 13.4. The molecule has 110 valence electrons. The van der Waals surface area contributed by atoms with E-state index in [0.717, 1.165) is 26.9 Å². The number of fused-ring (bicyclic) bond motifs is 1. The molecular formula is C17H14BrN3O. The van der Waals surface area contributed by atoms with Gasteiger partial charge in [0.25, 0.3) is 5.91 Å². The fraction of sp³-hybridized carbons (Fsp3) is 0.176. The van der Waals surface area contributed by atoms with Crippen molar-refractivity contribution in [3.05, 3.63) is 64.4 Å². The molecule has 0 bridgehead atoms. The second kappa shape index (κ2) is 5.25. The van der Waals surface area contributed by atoms with Crippen LogP contribution in [-0.4, -0.2) is 33.9 Å². The monoisotopic (exact) mass is 355 g/mol. The molecule has 1 aliphatic heterocycles. The molecule has 5 heteroatoms. The van der Waals surface area contributed by atoms with Gasteiger partial charge in [-0.3, -0.25) is 4.79 Å². The van der Waals surface area contributed by atoms with Crippen LogP contribution in [0.2, 0.25) is 0 Å².